The Bertz CT molecular complexity index is 689. The van der Waals surface area contributed by atoms with Gasteiger partial charge in [-0.1, -0.05) is 0 Å². The lowest BCUT2D eigenvalue weighted by Gasteiger charge is -2.26. The second-order valence-corrected chi connectivity index (χ2v) is 4.35. The summed E-state index contributed by atoms with van der Waals surface area (Å²) in [6, 6.07) is 4.79. The van der Waals surface area contributed by atoms with Crippen LogP contribution >= 0.6 is 0 Å². The number of anilines is 1. The first-order valence-corrected chi connectivity index (χ1v) is 5.87. The molecule has 0 bridgehead atoms. The van der Waals surface area contributed by atoms with E-state index >= 15 is 0 Å². The molecule has 0 atom stereocenters. The normalized spacial score (nSPS) is 15.7. The van der Waals surface area contributed by atoms with Crippen molar-refractivity contribution in [3.8, 4) is 0 Å². The molecule has 2 N–H and O–H groups in total. The van der Waals surface area contributed by atoms with E-state index in [4.69, 9.17) is 0 Å². The van der Waals surface area contributed by atoms with E-state index in [2.05, 4.69) is 10.3 Å². The van der Waals surface area contributed by atoms with Crippen molar-refractivity contribution in [2.75, 3.05) is 11.4 Å². The summed E-state index contributed by atoms with van der Waals surface area (Å²) in [5, 5.41) is 3.07. The van der Waals surface area contributed by atoms with E-state index in [1.165, 1.54) is 4.90 Å². The van der Waals surface area contributed by atoms with Crippen molar-refractivity contribution in [3.05, 3.63) is 30.0 Å². The Hall–Kier alpha value is -2.63. The molecule has 6 nitrogen and oxygen atoms in total. The van der Waals surface area contributed by atoms with Crippen LogP contribution in [0.3, 0.4) is 0 Å². The first-order valence-electron chi connectivity index (χ1n) is 5.87. The van der Waals surface area contributed by atoms with E-state index < -0.39 is 6.03 Å². The van der Waals surface area contributed by atoms with Crippen LogP contribution in [0.5, 0.6) is 0 Å². The number of amides is 3. The Labute approximate surface area is 108 Å². The van der Waals surface area contributed by atoms with Crippen LogP contribution in [0, 0.1) is 0 Å². The van der Waals surface area contributed by atoms with Gasteiger partial charge in [-0.2, -0.15) is 0 Å². The van der Waals surface area contributed by atoms with E-state index in [9.17, 15) is 14.4 Å². The van der Waals surface area contributed by atoms with Gasteiger partial charge >= 0.3 is 6.03 Å². The summed E-state index contributed by atoms with van der Waals surface area (Å²) in [4.78, 5) is 38.5. The summed E-state index contributed by atoms with van der Waals surface area (Å²) in [5.41, 5.74) is 1.89. The summed E-state index contributed by atoms with van der Waals surface area (Å²) in [5.74, 6) is -0.280. The summed E-state index contributed by atoms with van der Waals surface area (Å²) in [7, 11) is 0. The van der Waals surface area contributed by atoms with Gasteiger partial charge in [-0.15, -0.1) is 0 Å². The predicted molar refractivity (Wildman–Crippen MR) is 69.2 cm³/mol. The van der Waals surface area contributed by atoms with Gasteiger partial charge in [0.2, 0.25) is 5.91 Å². The van der Waals surface area contributed by atoms with Gasteiger partial charge in [-0.3, -0.25) is 19.8 Å². The minimum atomic E-state index is -0.459. The van der Waals surface area contributed by atoms with Crippen molar-refractivity contribution in [2.45, 2.75) is 6.42 Å². The number of carbonyl (C=O) groups excluding carboxylic acids is 3. The molecule has 1 fully saturated rings. The highest BCUT2D eigenvalue weighted by atomic mass is 16.2. The summed E-state index contributed by atoms with van der Waals surface area (Å²) in [6.45, 7) is 0.315. The summed E-state index contributed by atoms with van der Waals surface area (Å²) >= 11 is 0. The average molecular weight is 257 g/mol. The fraction of sp³-hybridized carbons (Fsp3) is 0.154. The van der Waals surface area contributed by atoms with Crippen LogP contribution in [0.1, 0.15) is 16.8 Å². The number of benzene rings is 1. The van der Waals surface area contributed by atoms with Crippen LogP contribution in [-0.4, -0.2) is 29.8 Å². The van der Waals surface area contributed by atoms with Crippen LogP contribution in [0.2, 0.25) is 0 Å². The van der Waals surface area contributed by atoms with E-state index in [1.54, 1.807) is 18.3 Å². The maximum absolute atomic E-state index is 11.8. The molecule has 1 saturated heterocycles. The molecule has 19 heavy (non-hydrogen) atoms. The number of aldehydes is 1. The zero-order valence-electron chi connectivity index (χ0n) is 9.97. The largest absolute Gasteiger partial charge is 0.361 e. The van der Waals surface area contributed by atoms with E-state index in [0.29, 0.717) is 17.8 Å². The highest BCUT2D eigenvalue weighted by Crippen LogP contribution is 2.25. The molecule has 6 heteroatoms. The topological polar surface area (TPSA) is 82.3 Å². The smallest absolute Gasteiger partial charge is 0.328 e. The minimum Gasteiger partial charge on any atom is -0.361 e. The molecule has 3 amide bonds. The third-order valence-electron chi connectivity index (χ3n) is 3.18. The maximum atomic E-state index is 11.8. The third-order valence-corrected chi connectivity index (χ3v) is 3.18. The average Bonchev–Trinajstić information content (AvgIpc) is 2.85. The van der Waals surface area contributed by atoms with Crippen molar-refractivity contribution in [1.82, 2.24) is 10.3 Å². The lowest BCUT2D eigenvalue weighted by molar-refractivity contribution is -0.120. The van der Waals surface area contributed by atoms with Crippen molar-refractivity contribution in [1.29, 1.82) is 0 Å². The number of aromatic amines is 1. The number of nitrogens with one attached hydrogen (secondary N) is 2. The zero-order valence-corrected chi connectivity index (χ0v) is 9.97. The van der Waals surface area contributed by atoms with Gasteiger partial charge in [0.15, 0.2) is 6.29 Å². The molecule has 96 valence electrons. The number of H-pyrrole nitrogens is 1. The zero-order chi connectivity index (χ0) is 13.4. The number of fused-ring (bicyclic) bond motifs is 1. The molecule has 0 unspecified atom stereocenters. The number of urea groups is 1. The number of rotatable bonds is 2. The third kappa shape index (κ3) is 1.87. The van der Waals surface area contributed by atoms with Crippen LogP contribution in [-0.2, 0) is 4.79 Å². The highest BCUT2D eigenvalue weighted by Gasteiger charge is 2.24. The fourth-order valence-electron chi connectivity index (χ4n) is 2.24. The molecule has 2 heterocycles. The second-order valence-electron chi connectivity index (χ2n) is 4.35. The summed E-state index contributed by atoms with van der Waals surface area (Å²) in [6.07, 6.45) is 2.75. The van der Waals surface area contributed by atoms with Crippen LogP contribution < -0.4 is 10.2 Å². The Morgan fingerprint density at radius 3 is 2.84 bits per heavy atom. The van der Waals surface area contributed by atoms with E-state index in [-0.39, 0.29) is 12.3 Å². The van der Waals surface area contributed by atoms with Gasteiger partial charge in [-0.25, -0.2) is 4.79 Å². The number of carbonyl (C=O) groups is 3. The molecule has 2 aromatic rings. The molecule has 0 aliphatic carbocycles. The van der Waals surface area contributed by atoms with Crippen LogP contribution in [0.4, 0.5) is 10.5 Å². The SMILES string of the molecule is O=Cc1cc(N2CCC(=O)NC2=O)cc2[nH]ccc12. The van der Waals surface area contributed by atoms with Crippen molar-refractivity contribution >= 4 is 34.8 Å². The Kier molecular flexibility index (Phi) is 2.56. The monoisotopic (exact) mass is 257 g/mol. The first-order chi connectivity index (χ1) is 9.19. The van der Waals surface area contributed by atoms with E-state index in [1.807, 2.05) is 6.07 Å². The Morgan fingerprint density at radius 1 is 1.26 bits per heavy atom. The molecule has 1 aliphatic heterocycles. The van der Waals surface area contributed by atoms with Gasteiger partial charge in [0, 0.05) is 41.3 Å². The lowest BCUT2D eigenvalue weighted by atomic mass is 10.1. The maximum Gasteiger partial charge on any atom is 0.328 e. The summed E-state index contributed by atoms with van der Waals surface area (Å²) < 4.78 is 0. The number of hydrogen-bond acceptors (Lipinski definition) is 3. The van der Waals surface area contributed by atoms with Crippen LogP contribution in [0.15, 0.2) is 24.4 Å². The quantitative estimate of drug-likeness (QED) is 0.798. The van der Waals surface area contributed by atoms with Crippen molar-refractivity contribution in [3.63, 3.8) is 0 Å². The number of hydrogen-bond donors (Lipinski definition) is 2. The van der Waals surface area contributed by atoms with Crippen molar-refractivity contribution < 1.29 is 14.4 Å². The lowest BCUT2D eigenvalue weighted by Crippen LogP contribution is -2.49. The molecule has 0 spiro atoms. The molecular formula is C13H11N3O3. The van der Waals surface area contributed by atoms with Gasteiger partial charge in [0.25, 0.3) is 0 Å². The van der Waals surface area contributed by atoms with E-state index in [0.717, 1.165) is 17.2 Å². The van der Waals surface area contributed by atoms with Crippen LogP contribution in [0.25, 0.3) is 10.9 Å². The highest BCUT2D eigenvalue weighted by molar-refractivity contribution is 6.07. The minimum absolute atomic E-state index is 0.255. The number of imide groups is 1. The first kappa shape index (κ1) is 11.5. The predicted octanol–water partition coefficient (Wildman–Crippen LogP) is 1.43. The Balaban J connectivity index is 2.07. The van der Waals surface area contributed by atoms with Crippen molar-refractivity contribution in [2.24, 2.45) is 0 Å². The Morgan fingerprint density at radius 2 is 2.11 bits per heavy atom. The van der Waals surface area contributed by atoms with Gasteiger partial charge in [-0.05, 0) is 18.2 Å². The molecule has 3 rings (SSSR count). The molecule has 1 aromatic heterocycles. The molecule has 0 radical (unpaired) electrons. The van der Waals surface area contributed by atoms with Gasteiger partial charge < -0.3 is 4.98 Å². The second kappa shape index (κ2) is 4.24. The van der Waals surface area contributed by atoms with Gasteiger partial charge in [0.05, 0.1) is 0 Å². The number of aromatic nitrogens is 1. The molecule has 1 aliphatic rings. The molecule has 1 aromatic carbocycles. The molecule has 0 saturated carbocycles. The molecular weight excluding hydrogens is 246 g/mol. The fourth-order valence-corrected chi connectivity index (χ4v) is 2.24. The standard InChI is InChI=1S/C13H11N3O3/c17-7-8-5-9(6-11-10(8)1-3-14-11)16-4-2-12(18)15-13(16)19/h1,3,5-7,14H,2,4H2,(H,15,18,19). The van der Waals surface area contributed by atoms with Gasteiger partial charge in [0.1, 0.15) is 0 Å². The number of nitrogens with zero attached hydrogens (tertiary/aromatic N) is 1.